The Morgan fingerprint density at radius 2 is 2.00 bits per heavy atom. The van der Waals surface area contributed by atoms with Crippen LogP contribution in [0.5, 0.6) is 0 Å². The molecule has 1 aliphatic heterocycles. The normalized spacial score (nSPS) is 18.8. The predicted octanol–water partition coefficient (Wildman–Crippen LogP) is 1.63. The smallest absolute Gasteiger partial charge is 0.258 e. The molecule has 1 saturated heterocycles. The Bertz CT molecular complexity index is 757. The molecule has 3 rings (SSSR count). The molecule has 1 aliphatic rings. The highest BCUT2D eigenvalue weighted by molar-refractivity contribution is 7.89. The zero-order valence-corrected chi connectivity index (χ0v) is 13.7. The first-order chi connectivity index (χ1) is 10.5. The van der Waals surface area contributed by atoms with Crippen molar-refractivity contribution in [2.75, 3.05) is 18.0 Å². The van der Waals surface area contributed by atoms with Gasteiger partial charge in [-0.2, -0.15) is 5.10 Å². The SMILES string of the molecule is Cn1nccc1S(=O)(=O)NC1CCN(c2ccc(Cl)cc2)C1. The standard InChI is InChI=1S/C14H17ClN4O2S/c1-18-14(6-8-16-18)22(20,21)17-12-7-9-19(10-12)13-4-2-11(15)3-5-13/h2-6,8,12,17H,7,9-10H2,1H3. The Kier molecular flexibility index (Phi) is 4.12. The monoisotopic (exact) mass is 340 g/mol. The van der Waals surface area contributed by atoms with Crippen LogP contribution >= 0.6 is 11.6 Å². The largest absolute Gasteiger partial charge is 0.370 e. The lowest BCUT2D eigenvalue weighted by molar-refractivity contribution is 0.545. The number of hydrogen-bond acceptors (Lipinski definition) is 4. The van der Waals surface area contributed by atoms with E-state index in [4.69, 9.17) is 11.6 Å². The van der Waals surface area contributed by atoms with Gasteiger partial charge in [0.15, 0.2) is 5.03 Å². The van der Waals surface area contributed by atoms with Crippen molar-refractivity contribution in [3.05, 3.63) is 41.6 Å². The van der Waals surface area contributed by atoms with Crippen molar-refractivity contribution in [2.45, 2.75) is 17.5 Å². The second-order valence-electron chi connectivity index (χ2n) is 5.32. The van der Waals surface area contributed by atoms with Crippen molar-refractivity contribution in [2.24, 2.45) is 7.05 Å². The minimum absolute atomic E-state index is 0.115. The zero-order valence-electron chi connectivity index (χ0n) is 12.1. The van der Waals surface area contributed by atoms with Crippen molar-refractivity contribution in [3.8, 4) is 0 Å². The molecule has 1 aromatic carbocycles. The van der Waals surface area contributed by atoms with E-state index in [1.54, 1.807) is 7.05 Å². The first-order valence-electron chi connectivity index (χ1n) is 6.96. The number of nitrogens with zero attached hydrogens (tertiary/aromatic N) is 3. The number of rotatable bonds is 4. The van der Waals surface area contributed by atoms with Crippen LogP contribution in [-0.4, -0.2) is 37.3 Å². The van der Waals surface area contributed by atoms with E-state index in [-0.39, 0.29) is 11.1 Å². The van der Waals surface area contributed by atoms with Gasteiger partial charge < -0.3 is 4.90 Å². The van der Waals surface area contributed by atoms with Gasteiger partial charge in [-0.25, -0.2) is 13.1 Å². The molecule has 2 heterocycles. The molecular formula is C14H17ClN4O2S. The summed E-state index contributed by atoms with van der Waals surface area (Å²) in [6, 6.07) is 8.94. The van der Waals surface area contributed by atoms with E-state index in [1.165, 1.54) is 16.9 Å². The number of hydrogen-bond donors (Lipinski definition) is 1. The Morgan fingerprint density at radius 1 is 1.27 bits per heavy atom. The van der Waals surface area contributed by atoms with Crippen molar-refractivity contribution in [1.29, 1.82) is 0 Å². The van der Waals surface area contributed by atoms with Crippen LogP contribution in [-0.2, 0) is 17.1 Å². The number of nitrogens with one attached hydrogen (secondary N) is 1. The topological polar surface area (TPSA) is 67.2 Å². The van der Waals surface area contributed by atoms with E-state index in [0.29, 0.717) is 11.6 Å². The minimum Gasteiger partial charge on any atom is -0.370 e. The number of aromatic nitrogens is 2. The summed E-state index contributed by atoms with van der Waals surface area (Å²) < 4.78 is 28.8. The Balaban J connectivity index is 1.68. The summed E-state index contributed by atoms with van der Waals surface area (Å²) in [5.41, 5.74) is 1.05. The first-order valence-corrected chi connectivity index (χ1v) is 8.83. The summed E-state index contributed by atoms with van der Waals surface area (Å²) in [6.45, 7) is 1.44. The first kappa shape index (κ1) is 15.3. The number of anilines is 1. The molecule has 0 spiro atoms. The lowest BCUT2D eigenvalue weighted by Crippen LogP contribution is -2.37. The third-order valence-electron chi connectivity index (χ3n) is 3.75. The fourth-order valence-electron chi connectivity index (χ4n) is 2.65. The van der Waals surface area contributed by atoms with E-state index in [9.17, 15) is 8.42 Å². The Hall–Kier alpha value is -1.57. The van der Waals surface area contributed by atoms with Gasteiger partial charge in [0.2, 0.25) is 0 Å². The number of benzene rings is 1. The summed E-state index contributed by atoms with van der Waals surface area (Å²) in [6.07, 6.45) is 2.24. The second kappa shape index (κ2) is 5.91. The third-order valence-corrected chi connectivity index (χ3v) is 5.60. The maximum atomic E-state index is 12.4. The summed E-state index contributed by atoms with van der Waals surface area (Å²) in [7, 11) is -1.93. The predicted molar refractivity (Wildman–Crippen MR) is 85.6 cm³/mol. The molecule has 2 aromatic rings. The molecule has 0 bridgehead atoms. The highest BCUT2D eigenvalue weighted by Gasteiger charge is 2.28. The van der Waals surface area contributed by atoms with Crippen molar-refractivity contribution in [1.82, 2.24) is 14.5 Å². The number of aryl methyl sites for hydroxylation is 1. The average Bonchev–Trinajstić information content (AvgIpc) is 3.08. The number of halogens is 1. The Morgan fingerprint density at radius 3 is 2.64 bits per heavy atom. The van der Waals surface area contributed by atoms with Gasteiger partial charge >= 0.3 is 0 Å². The van der Waals surface area contributed by atoms with Gasteiger partial charge in [-0.05, 0) is 36.8 Å². The highest BCUT2D eigenvalue weighted by Crippen LogP contribution is 2.23. The second-order valence-corrected chi connectivity index (χ2v) is 7.42. The van der Waals surface area contributed by atoms with Crippen LogP contribution in [0.15, 0.2) is 41.6 Å². The third kappa shape index (κ3) is 3.11. The van der Waals surface area contributed by atoms with Crippen LogP contribution in [0.1, 0.15) is 6.42 Å². The van der Waals surface area contributed by atoms with Crippen molar-refractivity contribution < 1.29 is 8.42 Å². The van der Waals surface area contributed by atoms with Gasteiger partial charge in [-0.3, -0.25) is 4.68 Å². The van der Waals surface area contributed by atoms with Gasteiger partial charge in [-0.1, -0.05) is 11.6 Å². The fourth-order valence-corrected chi connectivity index (χ4v) is 4.16. The van der Waals surface area contributed by atoms with E-state index < -0.39 is 10.0 Å². The number of sulfonamides is 1. The van der Waals surface area contributed by atoms with Gasteiger partial charge in [0.25, 0.3) is 10.0 Å². The van der Waals surface area contributed by atoms with Crippen molar-refractivity contribution >= 4 is 27.3 Å². The van der Waals surface area contributed by atoms with Crippen LogP contribution in [0.4, 0.5) is 5.69 Å². The van der Waals surface area contributed by atoms with Crippen molar-refractivity contribution in [3.63, 3.8) is 0 Å². The van der Waals surface area contributed by atoms with Gasteiger partial charge in [-0.15, -0.1) is 0 Å². The molecule has 0 aliphatic carbocycles. The molecule has 118 valence electrons. The van der Waals surface area contributed by atoms with Crippen LogP contribution in [0.3, 0.4) is 0 Å². The molecular weight excluding hydrogens is 324 g/mol. The van der Waals surface area contributed by atoms with Gasteiger partial charge in [0, 0.05) is 36.9 Å². The van der Waals surface area contributed by atoms with E-state index in [2.05, 4.69) is 14.7 Å². The maximum absolute atomic E-state index is 12.4. The van der Waals surface area contributed by atoms with Crippen LogP contribution < -0.4 is 9.62 Å². The molecule has 1 fully saturated rings. The lowest BCUT2D eigenvalue weighted by Gasteiger charge is -2.19. The summed E-state index contributed by atoms with van der Waals surface area (Å²) in [5, 5.41) is 4.77. The quantitative estimate of drug-likeness (QED) is 0.918. The van der Waals surface area contributed by atoms with Crippen LogP contribution in [0.25, 0.3) is 0 Å². The molecule has 1 aromatic heterocycles. The zero-order chi connectivity index (χ0) is 15.7. The van der Waals surface area contributed by atoms with Gasteiger partial charge in [0.1, 0.15) is 0 Å². The summed E-state index contributed by atoms with van der Waals surface area (Å²) in [5.74, 6) is 0. The van der Waals surface area contributed by atoms with Gasteiger partial charge in [0.05, 0.1) is 6.20 Å². The highest BCUT2D eigenvalue weighted by atomic mass is 35.5. The van der Waals surface area contributed by atoms with Crippen LogP contribution in [0.2, 0.25) is 5.02 Å². The molecule has 8 heteroatoms. The summed E-state index contributed by atoms with van der Waals surface area (Å²) >= 11 is 5.89. The molecule has 1 unspecified atom stereocenters. The molecule has 1 N–H and O–H groups in total. The fraction of sp³-hybridized carbons (Fsp3) is 0.357. The molecule has 1 atom stereocenters. The maximum Gasteiger partial charge on any atom is 0.258 e. The molecule has 0 radical (unpaired) electrons. The molecule has 22 heavy (non-hydrogen) atoms. The van der Waals surface area contributed by atoms with Crippen LogP contribution in [0, 0.1) is 0 Å². The summed E-state index contributed by atoms with van der Waals surface area (Å²) in [4.78, 5) is 2.15. The minimum atomic E-state index is -3.54. The molecule has 6 nitrogen and oxygen atoms in total. The van der Waals surface area contributed by atoms with E-state index in [0.717, 1.165) is 18.7 Å². The van der Waals surface area contributed by atoms with E-state index in [1.807, 2.05) is 24.3 Å². The molecule has 0 saturated carbocycles. The average molecular weight is 341 g/mol. The van der Waals surface area contributed by atoms with E-state index >= 15 is 0 Å². The molecule has 0 amide bonds. The Labute approximate surface area is 134 Å². The lowest BCUT2D eigenvalue weighted by atomic mass is 10.3.